The molecule has 1 fully saturated rings. The molecule has 1 atom stereocenters. The van der Waals surface area contributed by atoms with Crippen LogP contribution in [0.3, 0.4) is 0 Å². The zero-order valence-corrected chi connectivity index (χ0v) is 14.4. The van der Waals surface area contributed by atoms with E-state index in [4.69, 9.17) is 4.52 Å². The van der Waals surface area contributed by atoms with E-state index in [1.54, 1.807) is 0 Å². The van der Waals surface area contributed by atoms with Crippen molar-refractivity contribution in [1.29, 1.82) is 0 Å². The number of carbonyl (C=O) groups excluding carboxylic acids is 1. The zero-order valence-electron chi connectivity index (χ0n) is 14.4. The Balaban J connectivity index is 1.82. The molecule has 1 aliphatic rings. The van der Waals surface area contributed by atoms with Crippen LogP contribution in [-0.2, 0) is 11.2 Å². The number of carbonyl (C=O) groups is 1. The Morgan fingerprint density at radius 3 is 2.67 bits per heavy atom. The van der Waals surface area contributed by atoms with Crippen LogP contribution < -0.4 is 5.32 Å². The van der Waals surface area contributed by atoms with E-state index in [0.717, 1.165) is 49.5 Å². The quantitative estimate of drug-likeness (QED) is 0.886. The standard InChI is InChI=1S/C19H25N3O2/c1-3-22(4-2)18(23)19(11-8-12-20-19)14-16-13-17(21-24-16)15-9-6-5-7-10-15/h5-7,9-10,13,20H,3-4,8,11-12,14H2,1-2H3/t19-/m0/s1. The van der Waals surface area contributed by atoms with E-state index in [1.807, 2.05) is 55.1 Å². The Bertz CT molecular complexity index is 671. The highest BCUT2D eigenvalue weighted by Crippen LogP contribution is 2.28. The van der Waals surface area contributed by atoms with Gasteiger partial charge in [-0.3, -0.25) is 4.79 Å². The maximum absolute atomic E-state index is 13.0. The molecule has 128 valence electrons. The molecule has 0 radical (unpaired) electrons. The lowest BCUT2D eigenvalue weighted by molar-refractivity contribution is -0.137. The third-order valence-corrected chi connectivity index (χ3v) is 4.81. The lowest BCUT2D eigenvalue weighted by atomic mass is 9.90. The van der Waals surface area contributed by atoms with Gasteiger partial charge in [0.2, 0.25) is 5.91 Å². The smallest absolute Gasteiger partial charge is 0.243 e. The average Bonchev–Trinajstić information content (AvgIpc) is 3.27. The lowest BCUT2D eigenvalue weighted by Crippen LogP contribution is -2.56. The molecule has 5 heteroatoms. The summed E-state index contributed by atoms with van der Waals surface area (Å²) in [6.07, 6.45) is 2.39. The molecule has 0 aliphatic carbocycles. The molecule has 3 rings (SSSR count). The summed E-state index contributed by atoms with van der Waals surface area (Å²) in [5.74, 6) is 0.923. The molecule has 0 unspecified atom stereocenters. The summed E-state index contributed by atoms with van der Waals surface area (Å²) in [6, 6.07) is 11.9. The molecule has 1 N–H and O–H groups in total. The summed E-state index contributed by atoms with van der Waals surface area (Å²) in [7, 11) is 0. The van der Waals surface area contributed by atoms with Crippen molar-refractivity contribution >= 4 is 5.91 Å². The van der Waals surface area contributed by atoms with Gasteiger partial charge in [-0.05, 0) is 33.2 Å². The van der Waals surface area contributed by atoms with Crippen LogP contribution in [-0.4, -0.2) is 41.1 Å². The predicted octanol–water partition coefficient (Wildman–Crippen LogP) is 2.87. The van der Waals surface area contributed by atoms with E-state index >= 15 is 0 Å². The molecule has 0 bridgehead atoms. The molecule has 2 aromatic rings. The van der Waals surface area contributed by atoms with E-state index in [-0.39, 0.29) is 5.91 Å². The van der Waals surface area contributed by atoms with Crippen LogP contribution in [0.25, 0.3) is 11.3 Å². The number of amides is 1. The van der Waals surface area contributed by atoms with Crippen LogP contribution in [0.2, 0.25) is 0 Å². The van der Waals surface area contributed by atoms with Crippen molar-refractivity contribution in [3.8, 4) is 11.3 Å². The van der Waals surface area contributed by atoms with Crippen molar-refractivity contribution in [2.75, 3.05) is 19.6 Å². The fourth-order valence-electron chi connectivity index (χ4n) is 3.47. The molecule has 1 aliphatic heterocycles. The van der Waals surface area contributed by atoms with Crippen LogP contribution >= 0.6 is 0 Å². The SMILES string of the molecule is CCN(CC)C(=O)[C@@]1(Cc2cc(-c3ccccc3)no2)CCCN1. The zero-order chi connectivity index (χ0) is 17.0. The van der Waals surface area contributed by atoms with Gasteiger partial charge in [0.1, 0.15) is 17.0 Å². The number of hydrogen-bond donors (Lipinski definition) is 1. The second-order valence-electron chi connectivity index (χ2n) is 6.31. The number of aromatic nitrogens is 1. The van der Waals surface area contributed by atoms with Gasteiger partial charge in [0.25, 0.3) is 0 Å². The second kappa shape index (κ2) is 7.18. The highest BCUT2D eigenvalue weighted by Gasteiger charge is 2.43. The van der Waals surface area contributed by atoms with Crippen molar-refractivity contribution in [3.05, 3.63) is 42.2 Å². The van der Waals surface area contributed by atoms with E-state index in [2.05, 4.69) is 10.5 Å². The minimum Gasteiger partial charge on any atom is -0.361 e. The third kappa shape index (κ3) is 3.22. The van der Waals surface area contributed by atoms with E-state index in [9.17, 15) is 4.79 Å². The first kappa shape index (κ1) is 16.7. The topological polar surface area (TPSA) is 58.4 Å². The third-order valence-electron chi connectivity index (χ3n) is 4.81. The van der Waals surface area contributed by atoms with Gasteiger partial charge in [0, 0.05) is 31.1 Å². The van der Waals surface area contributed by atoms with Gasteiger partial charge >= 0.3 is 0 Å². The molecular weight excluding hydrogens is 302 g/mol. The maximum atomic E-state index is 13.0. The van der Waals surface area contributed by atoms with Gasteiger partial charge in [-0.25, -0.2) is 0 Å². The van der Waals surface area contributed by atoms with Crippen LogP contribution in [0.1, 0.15) is 32.4 Å². The van der Waals surface area contributed by atoms with Crippen molar-refractivity contribution < 1.29 is 9.32 Å². The summed E-state index contributed by atoms with van der Waals surface area (Å²) < 4.78 is 5.54. The Morgan fingerprint density at radius 1 is 1.29 bits per heavy atom. The summed E-state index contributed by atoms with van der Waals surface area (Å²) in [5, 5.41) is 7.61. The highest BCUT2D eigenvalue weighted by molar-refractivity contribution is 5.87. The molecule has 1 aromatic carbocycles. The maximum Gasteiger partial charge on any atom is 0.243 e. The number of benzene rings is 1. The molecule has 0 saturated carbocycles. The second-order valence-corrected chi connectivity index (χ2v) is 6.31. The molecule has 1 amide bonds. The minimum atomic E-state index is -0.556. The van der Waals surface area contributed by atoms with Crippen molar-refractivity contribution in [3.63, 3.8) is 0 Å². The number of nitrogens with zero attached hydrogens (tertiary/aromatic N) is 2. The summed E-state index contributed by atoms with van der Waals surface area (Å²) >= 11 is 0. The first-order valence-corrected chi connectivity index (χ1v) is 8.74. The van der Waals surface area contributed by atoms with Gasteiger partial charge in [0.05, 0.1) is 0 Å². The molecule has 2 heterocycles. The fourth-order valence-corrected chi connectivity index (χ4v) is 3.47. The van der Waals surface area contributed by atoms with Crippen LogP contribution in [0.15, 0.2) is 40.9 Å². The monoisotopic (exact) mass is 327 g/mol. The Morgan fingerprint density at radius 2 is 2.04 bits per heavy atom. The van der Waals surface area contributed by atoms with Crippen LogP contribution in [0, 0.1) is 0 Å². The lowest BCUT2D eigenvalue weighted by Gasteiger charge is -2.33. The Kier molecular flexibility index (Phi) is 5.00. The highest BCUT2D eigenvalue weighted by atomic mass is 16.5. The Labute approximate surface area is 143 Å². The van der Waals surface area contributed by atoms with Crippen LogP contribution in [0.4, 0.5) is 0 Å². The number of rotatable bonds is 6. The van der Waals surface area contributed by atoms with Gasteiger partial charge in [-0.15, -0.1) is 0 Å². The van der Waals surface area contributed by atoms with E-state index < -0.39 is 5.54 Å². The van der Waals surface area contributed by atoms with Crippen molar-refractivity contribution in [2.45, 2.75) is 38.6 Å². The molecule has 1 saturated heterocycles. The molecule has 1 aromatic heterocycles. The predicted molar refractivity (Wildman–Crippen MR) is 93.5 cm³/mol. The Hall–Kier alpha value is -2.14. The van der Waals surface area contributed by atoms with E-state index in [1.165, 1.54) is 0 Å². The number of hydrogen-bond acceptors (Lipinski definition) is 4. The fraction of sp³-hybridized carbons (Fsp3) is 0.474. The van der Waals surface area contributed by atoms with E-state index in [0.29, 0.717) is 6.42 Å². The van der Waals surface area contributed by atoms with Crippen LogP contribution in [0.5, 0.6) is 0 Å². The van der Waals surface area contributed by atoms with Gasteiger partial charge in [-0.1, -0.05) is 35.5 Å². The van der Waals surface area contributed by atoms with Gasteiger partial charge in [-0.2, -0.15) is 0 Å². The number of likely N-dealkylation sites (N-methyl/N-ethyl adjacent to an activating group) is 1. The molecule has 5 nitrogen and oxygen atoms in total. The minimum absolute atomic E-state index is 0.169. The summed E-state index contributed by atoms with van der Waals surface area (Å²) in [6.45, 7) is 6.36. The first-order chi connectivity index (χ1) is 11.7. The first-order valence-electron chi connectivity index (χ1n) is 8.74. The summed E-state index contributed by atoms with van der Waals surface area (Å²) in [5.41, 5.74) is 1.28. The van der Waals surface area contributed by atoms with Gasteiger partial charge in [0.15, 0.2) is 0 Å². The molecular formula is C19H25N3O2. The normalized spacial score (nSPS) is 20.2. The van der Waals surface area contributed by atoms with Gasteiger partial charge < -0.3 is 14.7 Å². The van der Waals surface area contributed by atoms with Crippen molar-refractivity contribution in [1.82, 2.24) is 15.4 Å². The average molecular weight is 327 g/mol. The molecule has 0 spiro atoms. The summed E-state index contributed by atoms with van der Waals surface area (Å²) in [4.78, 5) is 14.9. The number of nitrogens with one attached hydrogen (secondary N) is 1. The molecule has 24 heavy (non-hydrogen) atoms. The van der Waals surface area contributed by atoms with Crippen molar-refractivity contribution in [2.24, 2.45) is 0 Å². The largest absolute Gasteiger partial charge is 0.361 e.